The summed E-state index contributed by atoms with van der Waals surface area (Å²) in [5.41, 5.74) is 3.33. The fourth-order valence-corrected chi connectivity index (χ4v) is 3.72. The Balaban J connectivity index is 1.40. The summed E-state index contributed by atoms with van der Waals surface area (Å²) < 4.78 is 0. The third kappa shape index (κ3) is 2.98. The summed E-state index contributed by atoms with van der Waals surface area (Å²) in [7, 11) is 0. The van der Waals surface area contributed by atoms with Gasteiger partial charge in [-0.25, -0.2) is 4.98 Å². The van der Waals surface area contributed by atoms with E-state index in [0.717, 1.165) is 22.3 Å². The minimum atomic E-state index is -0.166. The van der Waals surface area contributed by atoms with Crippen LogP contribution in [0.4, 0.5) is 23.1 Å². The molecule has 0 spiro atoms. The molecule has 3 heterocycles. The molecule has 0 amide bonds. The Hall–Kier alpha value is -4.86. The van der Waals surface area contributed by atoms with E-state index in [1.165, 1.54) is 0 Å². The summed E-state index contributed by atoms with van der Waals surface area (Å²) in [5, 5.41) is 19.4. The molecule has 3 aromatic carbocycles. The highest BCUT2D eigenvalue weighted by Crippen LogP contribution is 2.27. The molecule has 32 heavy (non-hydrogen) atoms. The first-order chi connectivity index (χ1) is 15.6. The molecule has 6 aromatic rings. The largest absolute Gasteiger partial charge is 0.339 e. The molecule has 0 fully saturated rings. The van der Waals surface area contributed by atoms with Gasteiger partial charge in [-0.15, -0.1) is 0 Å². The van der Waals surface area contributed by atoms with Crippen molar-refractivity contribution in [2.75, 3.05) is 10.6 Å². The van der Waals surface area contributed by atoms with Gasteiger partial charge in [0.1, 0.15) is 5.82 Å². The van der Waals surface area contributed by atoms with Gasteiger partial charge in [0.25, 0.3) is 11.1 Å². The molecule has 0 saturated carbocycles. The molecule has 3 aromatic heterocycles. The van der Waals surface area contributed by atoms with E-state index in [2.05, 4.69) is 41.0 Å². The van der Waals surface area contributed by atoms with Gasteiger partial charge >= 0.3 is 0 Å². The number of rotatable bonds is 4. The highest BCUT2D eigenvalue weighted by molar-refractivity contribution is 5.93. The van der Waals surface area contributed by atoms with Crippen LogP contribution in [0.5, 0.6) is 0 Å². The summed E-state index contributed by atoms with van der Waals surface area (Å²) >= 11 is 0. The van der Waals surface area contributed by atoms with Crippen molar-refractivity contribution in [3.05, 3.63) is 81.4 Å². The maximum Gasteiger partial charge on any atom is 0.271 e. The second kappa shape index (κ2) is 6.84. The lowest BCUT2D eigenvalue weighted by molar-refractivity contribution is 1.08. The number of benzene rings is 3. The minimum absolute atomic E-state index is 0.161. The van der Waals surface area contributed by atoms with E-state index < -0.39 is 0 Å². The molecule has 0 atom stereocenters. The number of aromatic amines is 4. The Labute approximate surface area is 178 Å². The topological polar surface area (TPSA) is 147 Å². The fourth-order valence-electron chi connectivity index (χ4n) is 3.72. The van der Waals surface area contributed by atoms with Crippen molar-refractivity contribution in [2.45, 2.75) is 0 Å². The lowest BCUT2D eigenvalue weighted by Gasteiger charge is -2.12. The van der Waals surface area contributed by atoms with E-state index >= 15 is 0 Å². The van der Waals surface area contributed by atoms with Crippen molar-refractivity contribution in [2.24, 2.45) is 0 Å². The SMILES string of the molecule is O=c1[nH][nH]c2cc(Nc3nc(Nc4ccc5c(=O)[nH][nH]c5c4)c4ccccc4n3)ccc12. The third-order valence-corrected chi connectivity index (χ3v) is 5.27. The number of fused-ring (bicyclic) bond motifs is 3. The number of para-hydroxylation sites is 1. The molecule has 10 nitrogen and oxygen atoms in total. The maximum atomic E-state index is 11.8. The molecule has 0 aliphatic heterocycles. The third-order valence-electron chi connectivity index (χ3n) is 5.27. The molecule has 0 aliphatic rings. The average molecular weight is 424 g/mol. The summed E-state index contributed by atoms with van der Waals surface area (Å²) in [6, 6.07) is 18.5. The number of hydrogen-bond donors (Lipinski definition) is 6. The fraction of sp³-hybridized carbons (Fsp3) is 0. The molecule has 0 bridgehead atoms. The van der Waals surface area contributed by atoms with Crippen LogP contribution in [0.25, 0.3) is 32.7 Å². The molecule has 0 saturated heterocycles. The van der Waals surface area contributed by atoms with Crippen LogP contribution in [0.15, 0.2) is 70.3 Å². The zero-order chi connectivity index (χ0) is 21.7. The van der Waals surface area contributed by atoms with Gasteiger partial charge in [-0.05, 0) is 48.5 Å². The molecular weight excluding hydrogens is 408 g/mol. The Morgan fingerprint density at radius 1 is 0.625 bits per heavy atom. The van der Waals surface area contributed by atoms with E-state index in [1.54, 1.807) is 18.2 Å². The summed E-state index contributed by atoms with van der Waals surface area (Å²) in [6.07, 6.45) is 0. The molecular formula is C22H16N8O2. The van der Waals surface area contributed by atoms with Crippen LogP contribution in [0, 0.1) is 0 Å². The summed E-state index contributed by atoms with van der Waals surface area (Å²) in [4.78, 5) is 32.8. The van der Waals surface area contributed by atoms with Gasteiger partial charge in [0.15, 0.2) is 0 Å². The van der Waals surface area contributed by atoms with Crippen LogP contribution >= 0.6 is 0 Å². The first-order valence-corrected chi connectivity index (χ1v) is 9.86. The van der Waals surface area contributed by atoms with Gasteiger partial charge in [-0.2, -0.15) is 4.98 Å². The molecule has 0 unspecified atom stereocenters. The molecule has 10 heteroatoms. The highest BCUT2D eigenvalue weighted by Gasteiger charge is 2.10. The van der Waals surface area contributed by atoms with Gasteiger partial charge in [0.2, 0.25) is 5.95 Å². The van der Waals surface area contributed by atoms with Gasteiger partial charge in [-0.1, -0.05) is 12.1 Å². The average Bonchev–Trinajstić information content (AvgIpc) is 3.36. The van der Waals surface area contributed by atoms with E-state index in [-0.39, 0.29) is 11.1 Å². The molecule has 0 aliphatic carbocycles. The minimum Gasteiger partial charge on any atom is -0.339 e. The van der Waals surface area contributed by atoms with Gasteiger partial charge in [-0.3, -0.25) is 30.0 Å². The first-order valence-electron chi connectivity index (χ1n) is 9.86. The van der Waals surface area contributed by atoms with Crippen LogP contribution in [0.1, 0.15) is 0 Å². The maximum absolute atomic E-state index is 11.8. The zero-order valence-electron chi connectivity index (χ0n) is 16.5. The van der Waals surface area contributed by atoms with Crippen LogP contribution in [0.3, 0.4) is 0 Å². The van der Waals surface area contributed by atoms with Crippen LogP contribution in [0.2, 0.25) is 0 Å². The van der Waals surface area contributed by atoms with Crippen molar-refractivity contribution >= 4 is 55.8 Å². The Morgan fingerprint density at radius 3 is 1.94 bits per heavy atom. The smallest absolute Gasteiger partial charge is 0.271 e. The standard InChI is InChI=1S/C22H16N8O2/c31-20-14-7-5-11(9-17(14)27-29-20)23-19-13-3-1-2-4-16(13)25-22(26-19)24-12-6-8-15-18(10-12)28-30-21(15)32/h1-10H,(H2,27,29,31)(H2,28,30,32)(H2,23,24,25,26). The number of anilines is 4. The quantitative estimate of drug-likeness (QED) is 0.255. The van der Waals surface area contributed by atoms with Crippen molar-refractivity contribution in [3.8, 4) is 0 Å². The second-order valence-corrected chi connectivity index (χ2v) is 7.34. The normalized spacial score (nSPS) is 11.4. The van der Waals surface area contributed by atoms with Crippen molar-refractivity contribution in [3.63, 3.8) is 0 Å². The molecule has 6 rings (SSSR count). The predicted octanol–water partition coefficient (Wildman–Crippen LogP) is 3.46. The second-order valence-electron chi connectivity index (χ2n) is 7.34. The van der Waals surface area contributed by atoms with Crippen molar-refractivity contribution in [1.82, 2.24) is 30.4 Å². The summed E-state index contributed by atoms with van der Waals surface area (Å²) in [5.74, 6) is 1.02. The monoisotopic (exact) mass is 424 g/mol. The van der Waals surface area contributed by atoms with Crippen molar-refractivity contribution < 1.29 is 0 Å². The van der Waals surface area contributed by atoms with Gasteiger partial charge in [0.05, 0.1) is 27.3 Å². The van der Waals surface area contributed by atoms with E-state index in [1.807, 2.05) is 42.5 Å². The lowest BCUT2D eigenvalue weighted by atomic mass is 10.2. The molecule has 6 N–H and O–H groups in total. The Bertz CT molecular complexity index is 1740. The molecule has 0 radical (unpaired) electrons. The van der Waals surface area contributed by atoms with Crippen molar-refractivity contribution in [1.29, 1.82) is 0 Å². The van der Waals surface area contributed by atoms with E-state index in [9.17, 15) is 9.59 Å². The highest BCUT2D eigenvalue weighted by atomic mass is 16.1. The first kappa shape index (κ1) is 18.0. The molecule has 156 valence electrons. The summed E-state index contributed by atoms with van der Waals surface area (Å²) in [6.45, 7) is 0. The van der Waals surface area contributed by atoms with Gasteiger partial charge in [0, 0.05) is 16.8 Å². The number of aromatic nitrogens is 6. The zero-order valence-corrected chi connectivity index (χ0v) is 16.5. The predicted molar refractivity (Wildman–Crippen MR) is 124 cm³/mol. The van der Waals surface area contributed by atoms with Crippen LogP contribution in [-0.2, 0) is 0 Å². The van der Waals surface area contributed by atoms with Crippen LogP contribution in [-0.4, -0.2) is 30.4 Å². The Morgan fingerprint density at radius 2 is 1.25 bits per heavy atom. The lowest BCUT2D eigenvalue weighted by Crippen LogP contribution is -2.03. The van der Waals surface area contributed by atoms with Gasteiger partial charge < -0.3 is 10.6 Å². The van der Waals surface area contributed by atoms with Crippen LogP contribution < -0.4 is 21.8 Å². The number of hydrogen-bond acceptors (Lipinski definition) is 6. The number of nitrogens with zero attached hydrogens (tertiary/aromatic N) is 2. The van der Waals surface area contributed by atoms with E-state index in [4.69, 9.17) is 0 Å². The number of H-pyrrole nitrogens is 4. The number of nitrogens with one attached hydrogen (secondary N) is 6. The Kier molecular flexibility index (Phi) is 3.84. The van der Waals surface area contributed by atoms with E-state index in [0.29, 0.717) is 33.6 Å².